The Labute approximate surface area is 148 Å². The lowest BCUT2D eigenvalue weighted by atomic mass is 10.0. The van der Waals surface area contributed by atoms with Crippen LogP contribution < -0.4 is 5.32 Å². The maximum atomic E-state index is 4.42. The van der Waals surface area contributed by atoms with Gasteiger partial charge in [-0.1, -0.05) is 58.4 Å². The SMILES string of the molecule is Brc1ccc(-c2ccccc2Nc2ncnc3ccccc23)cc1. The Balaban J connectivity index is 1.79. The van der Waals surface area contributed by atoms with Gasteiger partial charge in [-0.05, 0) is 35.9 Å². The molecule has 0 fully saturated rings. The predicted molar refractivity (Wildman–Crippen MR) is 102 cm³/mol. The highest BCUT2D eigenvalue weighted by molar-refractivity contribution is 9.10. The lowest BCUT2D eigenvalue weighted by Crippen LogP contribution is -1.97. The number of nitrogens with zero attached hydrogens (tertiary/aromatic N) is 2. The van der Waals surface area contributed by atoms with Crippen molar-refractivity contribution in [2.75, 3.05) is 5.32 Å². The number of hydrogen-bond donors (Lipinski definition) is 1. The lowest BCUT2D eigenvalue weighted by molar-refractivity contribution is 1.22. The minimum atomic E-state index is 0.810. The lowest BCUT2D eigenvalue weighted by Gasteiger charge is -2.13. The average molecular weight is 376 g/mol. The average Bonchev–Trinajstić information content (AvgIpc) is 2.63. The fourth-order valence-corrected chi connectivity index (χ4v) is 2.97. The Kier molecular flexibility index (Phi) is 3.97. The Bertz CT molecular complexity index is 992. The van der Waals surface area contributed by atoms with Crippen molar-refractivity contribution in [2.45, 2.75) is 0 Å². The third-order valence-corrected chi connectivity index (χ3v) is 4.41. The van der Waals surface area contributed by atoms with Crippen LogP contribution in [0.3, 0.4) is 0 Å². The zero-order chi connectivity index (χ0) is 16.4. The van der Waals surface area contributed by atoms with Crippen molar-refractivity contribution in [3.63, 3.8) is 0 Å². The third-order valence-electron chi connectivity index (χ3n) is 3.88. The molecular weight excluding hydrogens is 362 g/mol. The molecule has 4 aromatic rings. The topological polar surface area (TPSA) is 37.8 Å². The van der Waals surface area contributed by atoms with Crippen molar-refractivity contribution < 1.29 is 0 Å². The molecule has 0 amide bonds. The number of halogens is 1. The minimum absolute atomic E-state index is 0.810. The quantitative estimate of drug-likeness (QED) is 0.491. The van der Waals surface area contributed by atoms with Gasteiger partial charge in [-0.25, -0.2) is 9.97 Å². The molecule has 1 aromatic heterocycles. The Hall–Kier alpha value is -2.72. The summed E-state index contributed by atoms with van der Waals surface area (Å²) in [6.45, 7) is 0. The van der Waals surface area contributed by atoms with Gasteiger partial charge in [0.25, 0.3) is 0 Å². The molecule has 116 valence electrons. The molecule has 0 radical (unpaired) electrons. The number of aromatic nitrogens is 2. The number of para-hydroxylation sites is 2. The third kappa shape index (κ3) is 2.88. The fraction of sp³-hybridized carbons (Fsp3) is 0. The van der Waals surface area contributed by atoms with E-state index < -0.39 is 0 Å². The van der Waals surface area contributed by atoms with E-state index in [4.69, 9.17) is 0 Å². The van der Waals surface area contributed by atoms with E-state index in [1.807, 2.05) is 48.5 Å². The largest absolute Gasteiger partial charge is 0.339 e. The monoisotopic (exact) mass is 375 g/mol. The van der Waals surface area contributed by atoms with E-state index >= 15 is 0 Å². The molecule has 4 rings (SSSR count). The Morgan fingerprint density at radius 3 is 2.38 bits per heavy atom. The van der Waals surface area contributed by atoms with E-state index in [0.29, 0.717) is 0 Å². The molecular formula is C20H14BrN3. The van der Waals surface area contributed by atoms with Crippen LogP contribution in [0.4, 0.5) is 11.5 Å². The number of nitrogens with one attached hydrogen (secondary N) is 1. The summed E-state index contributed by atoms with van der Waals surface area (Å²) in [5, 5.41) is 4.47. The second-order valence-corrected chi connectivity index (χ2v) is 6.33. The van der Waals surface area contributed by atoms with Crippen LogP contribution in [0.1, 0.15) is 0 Å². The standard InChI is InChI=1S/C20H14BrN3/c21-15-11-9-14(10-12-15)16-5-1-4-8-19(16)24-20-17-6-2-3-7-18(17)22-13-23-20/h1-13H,(H,22,23,24). The van der Waals surface area contributed by atoms with Crippen LogP contribution >= 0.6 is 15.9 Å². The first kappa shape index (κ1) is 14.8. The second kappa shape index (κ2) is 6.42. The summed E-state index contributed by atoms with van der Waals surface area (Å²) in [6, 6.07) is 24.5. The maximum Gasteiger partial charge on any atom is 0.141 e. The zero-order valence-corrected chi connectivity index (χ0v) is 14.4. The highest BCUT2D eigenvalue weighted by Gasteiger charge is 2.08. The van der Waals surface area contributed by atoms with Gasteiger partial charge in [0.15, 0.2) is 0 Å². The summed E-state index contributed by atoms with van der Waals surface area (Å²) in [4.78, 5) is 8.74. The van der Waals surface area contributed by atoms with Crippen molar-refractivity contribution in [1.29, 1.82) is 0 Å². The fourth-order valence-electron chi connectivity index (χ4n) is 2.71. The van der Waals surface area contributed by atoms with Crippen LogP contribution in [-0.4, -0.2) is 9.97 Å². The summed E-state index contributed by atoms with van der Waals surface area (Å²) in [7, 11) is 0. The van der Waals surface area contributed by atoms with Gasteiger partial charge in [0.05, 0.1) is 5.52 Å². The normalized spacial score (nSPS) is 10.7. The molecule has 0 spiro atoms. The van der Waals surface area contributed by atoms with Gasteiger partial charge in [-0.2, -0.15) is 0 Å². The molecule has 1 heterocycles. The number of benzene rings is 3. The smallest absolute Gasteiger partial charge is 0.141 e. The molecule has 0 unspecified atom stereocenters. The number of rotatable bonds is 3. The van der Waals surface area contributed by atoms with Crippen LogP contribution in [0, 0.1) is 0 Å². The Morgan fingerprint density at radius 1 is 0.750 bits per heavy atom. The van der Waals surface area contributed by atoms with E-state index in [-0.39, 0.29) is 0 Å². The van der Waals surface area contributed by atoms with E-state index in [0.717, 1.165) is 38.0 Å². The van der Waals surface area contributed by atoms with Gasteiger partial charge in [0, 0.05) is 21.1 Å². The van der Waals surface area contributed by atoms with Gasteiger partial charge in [0.1, 0.15) is 12.1 Å². The van der Waals surface area contributed by atoms with Crippen LogP contribution in [-0.2, 0) is 0 Å². The molecule has 0 atom stereocenters. The molecule has 0 aliphatic heterocycles. The first-order valence-corrected chi connectivity index (χ1v) is 8.42. The number of anilines is 2. The van der Waals surface area contributed by atoms with Gasteiger partial charge in [-0.15, -0.1) is 0 Å². The highest BCUT2D eigenvalue weighted by atomic mass is 79.9. The van der Waals surface area contributed by atoms with Crippen molar-refractivity contribution in [3.8, 4) is 11.1 Å². The van der Waals surface area contributed by atoms with Crippen LogP contribution in [0.15, 0.2) is 83.6 Å². The molecule has 0 bridgehead atoms. The summed E-state index contributed by atoms with van der Waals surface area (Å²) >= 11 is 3.48. The van der Waals surface area contributed by atoms with Gasteiger partial charge < -0.3 is 5.32 Å². The van der Waals surface area contributed by atoms with Gasteiger partial charge in [0.2, 0.25) is 0 Å². The molecule has 3 aromatic carbocycles. The molecule has 4 heteroatoms. The molecule has 24 heavy (non-hydrogen) atoms. The molecule has 0 aliphatic carbocycles. The second-order valence-electron chi connectivity index (χ2n) is 5.42. The van der Waals surface area contributed by atoms with Gasteiger partial charge in [-0.3, -0.25) is 0 Å². The van der Waals surface area contributed by atoms with Crippen molar-refractivity contribution >= 4 is 38.3 Å². The minimum Gasteiger partial charge on any atom is -0.339 e. The Morgan fingerprint density at radius 2 is 1.50 bits per heavy atom. The first-order valence-electron chi connectivity index (χ1n) is 7.63. The molecule has 3 nitrogen and oxygen atoms in total. The molecule has 0 saturated carbocycles. The molecule has 1 N–H and O–H groups in total. The summed E-state index contributed by atoms with van der Waals surface area (Å²) in [5.41, 5.74) is 4.23. The maximum absolute atomic E-state index is 4.42. The first-order chi connectivity index (χ1) is 11.8. The summed E-state index contributed by atoms with van der Waals surface area (Å²) < 4.78 is 1.07. The molecule has 0 saturated heterocycles. The number of fused-ring (bicyclic) bond motifs is 1. The van der Waals surface area contributed by atoms with Crippen molar-refractivity contribution in [1.82, 2.24) is 9.97 Å². The van der Waals surface area contributed by atoms with Crippen LogP contribution in [0.2, 0.25) is 0 Å². The summed E-state index contributed by atoms with van der Waals surface area (Å²) in [6.07, 6.45) is 1.59. The molecule has 0 aliphatic rings. The number of hydrogen-bond acceptors (Lipinski definition) is 3. The van der Waals surface area contributed by atoms with E-state index in [1.54, 1.807) is 6.33 Å². The van der Waals surface area contributed by atoms with Crippen LogP contribution in [0.25, 0.3) is 22.0 Å². The van der Waals surface area contributed by atoms with E-state index in [2.05, 4.69) is 55.5 Å². The van der Waals surface area contributed by atoms with Crippen molar-refractivity contribution in [2.24, 2.45) is 0 Å². The van der Waals surface area contributed by atoms with Crippen LogP contribution in [0.5, 0.6) is 0 Å². The summed E-state index contributed by atoms with van der Waals surface area (Å²) in [5.74, 6) is 0.810. The van der Waals surface area contributed by atoms with E-state index in [1.165, 1.54) is 0 Å². The zero-order valence-electron chi connectivity index (χ0n) is 12.8. The highest BCUT2D eigenvalue weighted by Crippen LogP contribution is 2.32. The predicted octanol–water partition coefficient (Wildman–Crippen LogP) is 5.80. The van der Waals surface area contributed by atoms with Gasteiger partial charge >= 0.3 is 0 Å². The van der Waals surface area contributed by atoms with Crippen molar-refractivity contribution in [3.05, 3.63) is 83.6 Å². The van der Waals surface area contributed by atoms with E-state index in [9.17, 15) is 0 Å².